The van der Waals surface area contributed by atoms with Crippen LogP contribution in [0.1, 0.15) is 28.0 Å². The zero-order valence-corrected chi connectivity index (χ0v) is 20.1. The third kappa shape index (κ3) is 4.82. The molecule has 188 valence electrons. The summed E-state index contributed by atoms with van der Waals surface area (Å²) in [5, 5.41) is 22.9. The zero-order valence-electron chi connectivity index (χ0n) is 18.5. The van der Waals surface area contributed by atoms with Gasteiger partial charge in [0.15, 0.2) is 0 Å². The minimum atomic E-state index is -4.66. The number of benzene rings is 2. The van der Waals surface area contributed by atoms with Gasteiger partial charge in [0.25, 0.3) is 0 Å². The fraction of sp³-hybridized carbons (Fsp3) is 0.292. The normalized spacial score (nSPS) is 19.9. The maximum atomic E-state index is 13.8. The van der Waals surface area contributed by atoms with E-state index in [-0.39, 0.29) is 53.3 Å². The van der Waals surface area contributed by atoms with Crippen LogP contribution in [0.4, 0.5) is 17.6 Å². The number of hydrogen-bond donors (Lipinski definition) is 2. The molecule has 0 amide bonds. The third-order valence-electron chi connectivity index (χ3n) is 6.20. The molecule has 0 unspecified atom stereocenters. The minimum absolute atomic E-state index is 0.0410. The average Bonchev–Trinajstić information content (AvgIpc) is 3.53. The van der Waals surface area contributed by atoms with Gasteiger partial charge in [-0.2, -0.15) is 23.4 Å². The van der Waals surface area contributed by atoms with E-state index in [0.29, 0.717) is 21.7 Å². The Kier molecular flexibility index (Phi) is 6.48. The Balaban J connectivity index is 1.66. The molecule has 0 bridgehead atoms. The molecule has 0 aliphatic carbocycles. The Morgan fingerprint density at radius 1 is 1.25 bits per heavy atom. The lowest BCUT2D eigenvalue weighted by molar-refractivity contribution is -0.138. The fourth-order valence-corrected chi connectivity index (χ4v) is 5.58. The molecular formula is C24H19ClF4N4O2S. The van der Waals surface area contributed by atoms with Gasteiger partial charge in [-0.05, 0) is 47.0 Å². The predicted molar refractivity (Wildman–Crippen MR) is 129 cm³/mol. The monoisotopic (exact) mass is 538 g/mol. The van der Waals surface area contributed by atoms with Crippen LogP contribution in [0, 0.1) is 0 Å². The highest BCUT2D eigenvalue weighted by atomic mass is 35.5. The fourth-order valence-electron chi connectivity index (χ4n) is 4.44. The Labute approximate surface area is 210 Å². The summed E-state index contributed by atoms with van der Waals surface area (Å²) in [5.74, 6) is -0.370. The molecule has 2 aliphatic heterocycles. The second kappa shape index (κ2) is 9.45. The first-order valence-electron chi connectivity index (χ1n) is 11.0. The Morgan fingerprint density at radius 2 is 2.06 bits per heavy atom. The van der Waals surface area contributed by atoms with E-state index in [0.717, 1.165) is 22.0 Å². The van der Waals surface area contributed by atoms with Crippen molar-refractivity contribution in [3.63, 3.8) is 0 Å². The number of aromatic hydroxyl groups is 1. The summed E-state index contributed by atoms with van der Waals surface area (Å²) in [4.78, 5) is 12.5. The number of thiazole rings is 1. The standard InChI is InChI=1S/C24H19ClF4N4O2S/c25-15-3-1-13(19(7-15)24(27,28)29)6-18(12-2-4-20-14(5-12)9-31-32-20)21-22(34)33(23(35)36-21)11-17-8-16(26)10-30-17/h1-5,7,9,16-17,30,34H,6,8,10-11H2/t16-,17+/m1/s1. The number of nitrogens with zero attached hydrogens (tertiary/aromatic N) is 3. The number of rotatable bonds is 5. The number of aromatic nitrogens is 1. The van der Waals surface area contributed by atoms with Crippen LogP contribution in [-0.2, 0) is 19.1 Å². The number of nitrogens with one attached hydrogen (secondary N) is 1. The summed E-state index contributed by atoms with van der Waals surface area (Å²) in [6.07, 6.45) is -4.22. The van der Waals surface area contributed by atoms with Crippen molar-refractivity contribution in [1.82, 2.24) is 9.88 Å². The molecule has 0 spiro atoms. The molecule has 1 aromatic heterocycles. The molecule has 3 heterocycles. The Morgan fingerprint density at radius 3 is 2.78 bits per heavy atom. The van der Waals surface area contributed by atoms with Gasteiger partial charge in [-0.1, -0.05) is 35.1 Å². The lowest BCUT2D eigenvalue weighted by Crippen LogP contribution is -2.30. The van der Waals surface area contributed by atoms with Gasteiger partial charge in [0.2, 0.25) is 5.88 Å². The van der Waals surface area contributed by atoms with Gasteiger partial charge in [-0.3, -0.25) is 9.36 Å². The van der Waals surface area contributed by atoms with Crippen LogP contribution in [0.25, 0.3) is 5.57 Å². The number of fused-ring (bicyclic) bond motifs is 1. The molecule has 36 heavy (non-hydrogen) atoms. The van der Waals surface area contributed by atoms with Gasteiger partial charge in [-0.25, -0.2) is 4.39 Å². The Bertz CT molecular complexity index is 1550. The number of halogens is 5. The molecule has 2 N–H and O–H groups in total. The molecule has 1 saturated heterocycles. The van der Waals surface area contributed by atoms with Gasteiger partial charge < -0.3 is 10.4 Å². The molecule has 0 saturated carbocycles. The van der Waals surface area contributed by atoms with Crippen LogP contribution in [-0.4, -0.2) is 34.6 Å². The van der Waals surface area contributed by atoms with Crippen LogP contribution in [0.5, 0.6) is 5.88 Å². The molecule has 2 atom stereocenters. The van der Waals surface area contributed by atoms with E-state index >= 15 is 0 Å². The molecule has 3 aromatic rings. The first-order valence-corrected chi connectivity index (χ1v) is 12.2. The van der Waals surface area contributed by atoms with Crippen molar-refractivity contribution in [3.8, 4) is 5.88 Å². The summed E-state index contributed by atoms with van der Waals surface area (Å²) in [6, 6.07) is 8.20. The van der Waals surface area contributed by atoms with E-state index < -0.39 is 22.8 Å². The van der Waals surface area contributed by atoms with E-state index in [1.165, 1.54) is 18.3 Å². The summed E-state index contributed by atoms with van der Waals surface area (Å²) < 4.78 is 56.2. The number of alkyl halides is 4. The largest absolute Gasteiger partial charge is 0.493 e. The van der Waals surface area contributed by atoms with Gasteiger partial charge >= 0.3 is 11.0 Å². The van der Waals surface area contributed by atoms with Crippen molar-refractivity contribution < 1.29 is 22.7 Å². The summed E-state index contributed by atoms with van der Waals surface area (Å²) in [7, 11) is 0. The highest BCUT2D eigenvalue weighted by Crippen LogP contribution is 2.37. The summed E-state index contributed by atoms with van der Waals surface area (Å²) in [6.45, 7) is 0.201. The minimum Gasteiger partial charge on any atom is -0.493 e. The van der Waals surface area contributed by atoms with E-state index in [4.69, 9.17) is 11.6 Å². The van der Waals surface area contributed by atoms with Crippen LogP contribution < -0.4 is 20.8 Å². The van der Waals surface area contributed by atoms with Crippen molar-refractivity contribution in [2.24, 2.45) is 10.2 Å². The molecule has 2 aromatic carbocycles. The maximum Gasteiger partial charge on any atom is 0.416 e. The van der Waals surface area contributed by atoms with E-state index in [2.05, 4.69) is 15.5 Å². The van der Waals surface area contributed by atoms with E-state index in [1.54, 1.807) is 18.2 Å². The lowest BCUT2D eigenvalue weighted by atomic mass is 9.96. The second-order valence-electron chi connectivity index (χ2n) is 8.64. The van der Waals surface area contributed by atoms with Crippen LogP contribution in [0.15, 0.2) is 51.4 Å². The van der Waals surface area contributed by atoms with Gasteiger partial charge in [-0.15, -0.1) is 0 Å². The summed E-state index contributed by atoms with van der Waals surface area (Å²) >= 11 is 6.58. The molecule has 6 nitrogen and oxygen atoms in total. The van der Waals surface area contributed by atoms with Crippen LogP contribution in [0.2, 0.25) is 5.02 Å². The van der Waals surface area contributed by atoms with E-state index in [9.17, 15) is 27.5 Å². The molecule has 2 aliphatic rings. The quantitative estimate of drug-likeness (QED) is 0.489. The molecule has 0 radical (unpaired) electrons. The topological polar surface area (TPSA) is 79.0 Å². The van der Waals surface area contributed by atoms with Crippen LogP contribution in [0.3, 0.4) is 0 Å². The predicted octanol–water partition coefficient (Wildman–Crippen LogP) is 3.40. The molecule has 1 fully saturated rings. The van der Waals surface area contributed by atoms with Crippen molar-refractivity contribution in [3.05, 3.63) is 83.2 Å². The van der Waals surface area contributed by atoms with Gasteiger partial charge in [0, 0.05) is 36.1 Å². The zero-order chi connectivity index (χ0) is 25.6. The smallest absolute Gasteiger partial charge is 0.416 e. The van der Waals surface area contributed by atoms with Crippen molar-refractivity contribution in [1.29, 1.82) is 0 Å². The number of hydrogen-bond acceptors (Lipinski definition) is 6. The average molecular weight is 539 g/mol. The first kappa shape index (κ1) is 24.7. The maximum absolute atomic E-state index is 13.8. The second-order valence-corrected chi connectivity index (χ2v) is 10.0. The molecule has 12 heteroatoms. The Hall–Kier alpha value is -3.02. The molecular weight excluding hydrogens is 520 g/mol. The highest BCUT2D eigenvalue weighted by Gasteiger charge is 2.34. The SMILES string of the molecule is O=c1sc(C(Cc2ccc(Cl)cc2C(F)(F)F)=c2ccc3c(c2)C=NN=3)c(O)n1C[C@@H]1C[C@@H](F)CN1. The van der Waals surface area contributed by atoms with Crippen molar-refractivity contribution in [2.45, 2.75) is 37.8 Å². The van der Waals surface area contributed by atoms with Crippen molar-refractivity contribution >= 4 is 34.7 Å². The first-order chi connectivity index (χ1) is 17.1. The van der Waals surface area contributed by atoms with Gasteiger partial charge in [0.05, 0.1) is 22.0 Å². The van der Waals surface area contributed by atoms with Crippen LogP contribution >= 0.6 is 22.9 Å². The third-order valence-corrected chi connectivity index (χ3v) is 7.46. The molecule has 5 rings (SSSR count). The van der Waals surface area contributed by atoms with E-state index in [1.807, 2.05) is 0 Å². The lowest BCUT2D eigenvalue weighted by Gasteiger charge is -2.15. The summed E-state index contributed by atoms with van der Waals surface area (Å²) in [5.41, 5.74) is 0.0190. The van der Waals surface area contributed by atoms with Gasteiger partial charge in [0.1, 0.15) is 6.17 Å². The highest BCUT2D eigenvalue weighted by molar-refractivity contribution is 7.10. The van der Waals surface area contributed by atoms with Crippen molar-refractivity contribution in [2.75, 3.05) is 6.54 Å².